The van der Waals surface area contributed by atoms with Crippen LogP contribution in [0.1, 0.15) is 24.9 Å². The molecule has 0 aliphatic heterocycles. The Morgan fingerprint density at radius 3 is 2.82 bits per heavy atom. The fraction of sp³-hybridized carbons (Fsp3) is 0.500. The number of anilines is 1. The van der Waals surface area contributed by atoms with Crippen molar-refractivity contribution in [3.05, 3.63) is 18.1 Å². The van der Waals surface area contributed by atoms with Crippen molar-refractivity contribution >= 4 is 28.6 Å². The minimum atomic E-state index is 0.325. The smallest absolute Gasteiger partial charge is 0.145 e. The first-order chi connectivity index (χ1) is 8.13. The number of aromatic nitrogens is 3. The van der Waals surface area contributed by atoms with E-state index in [1.165, 1.54) is 0 Å². The van der Waals surface area contributed by atoms with E-state index < -0.39 is 0 Å². The first-order valence-electron chi connectivity index (χ1n) is 5.77. The quantitative estimate of drug-likeness (QED) is 0.906. The molecule has 4 nitrogen and oxygen atoms in total. The monoisotopic (exact) mass is 250 g/mol. The summed E-state index contributed by atoms with van der Waals surface area (Å²) in [7, 11) is 4.02. The molecule has 0 aliphatic rings. The van der Waals surface area contributed by atoms with Crippen LogP contribution in [0, 0.1) is 0 Å². The molecule has 0 saturated heterocycles. The summed E-state index contributed by atoms with van der Waals surface area (Å²) in [6.45, 7) is 4.30. The van der Waals surface area contributed by atoms with Gasteiger partial charge in [-0.3, -0.25) is 0 Å². The average molecular weight is 250 g/mol. The van der Waals surface area contributed by atoms with Gasteiger partial charge in [0.2, 0.25) is 0 Å². The molecule has 1 unspecified atom stereocenters. The van der Waals surface area contributed by atoms with E-state index in [0.717, 1.165) is 28.4 Å². The van der Waals surface area contributed by atoms with E-state index in [1.807, 2.05) is 43.0 Å². The highest BCUT2D eigenvalue weighted by atomic mass is 32.2. The van der Waals surface area contributed by atoms with Crippen LogP contribution in [0.15, 0.2) is 12.3 Å². The molecule has 2 heterocycles. The first-order valence-corrected chi connectivity index (χ1v) is 6.82. The van der Waals surface area contributed by atoms with Gasteiger partial charge in [-0.2, -0.15) is 11.8 Å². The van der Waals surface area contributed by atoms with Gasteiger partial charge in [0.15, 0.2) is 0 Å². The zero-order valence-electron chi connectivity index (χ0n) is 10.7. The zero-order chi connectivity index (χ0) is 12.4. The molecular formula is C12H18N4S. The lowest BCUT2D eigenvalue weighted by Crippen LogP contribution is -2.13. The van der Waals surface area contributed by atoms with Crippen LogP contribution in [0.4, 0.5) is 5.82 Å². The van der Waals surface area contributed by atoms with Crippen molar-refractivity contribution in [1.82, 2.24) is 15.0 Å². The average Bonchev–Trinajstić information content (AvgIpc) is 2.75. The molecule has 1 N–H and O–H groups in total. The molecule has 0 spiro atoms. The Morgan fingerprint density at radius 1 is 1.41 bits per heavy atom. The van der Waals surface area contributed by atoms with Crippen LogP contribution in [0.3, 0.4) is 0 Å². The van der Waals surface area contributed by atoms with Gasteiger partial charge in [0, 0.05) is 20.3 Å². The minimum absolute atomic E-state index is 0.325. The SMILES string of the molecule is CCSC(C)c1nc(N(C)C)c2cc[nH]c2n1. The van der Waals surface area contributed by atoms with Crippen molar-refractivity contribution in [3.8, 4) is 0 Å². The summed E-state index contributed by atoms with van der Waals surface area (Å²) in [5.74, 6) is 2.95. The molecule has 0 radical (unpaired) electrons. The predicted octanol–water partition coefficient (Wildman–Crippen LogP) is 2.84. The van der Waals surface area contributed by atoms with Gasteiger partial charge in [-0.25, -0.2) is 9.97 Å². The molecule has 17 heavy (non-hydrogen) atoms. The lowest BCUT2D eigenvalue weighted by Gasteiger charge is -2.15. The van der Waals surface area contributed by atoms with Crippen molar-refractivity contribution in [2.75, 3.05) is 24.7 Å². The Morgan fingerprint density at radius 2 is 2.18 bits per heavy atom. The number of hydrogen-bond donors (Lipinski definition) is 1. The maximum absolute atomic E-state index is 4.67. The van der Waals surface area contributed by atoms with E-state index in [0.29, 0.717) is 5.25 Å². The maximum Gasteiger partial charge on any atom is 0.145 e. The number of fused-ring (bicyclic) bond motifs is 1. The molecule has 92 valence electrons. The van der Waals surface area contributed by atoms with Crippen LogP contribution in [0.2, 0.25) is 0 Å². The number of nitrogens with zero attached hydrogens (tertiary/aromatic N) is 3. The second-order valence-electron chi connectivity index (χ2n) is 4.14. The summed E-state index contributed by atoms with van der Waals surface area (Å²) in [5.41, 5.74) is 0.919. The summed E-state index contributed by atoms with van der Waals surface area (Å²) >= 11 is 1.86. The Labute approximate surface area is 106 Å². The molecule has 0 aliphatic carbocycles. The fourth-order valence-corrected chi connectivity index (χ4v) is 2.54. The number of nitrogens with one attached hydrogen (secondary N) is 1. The highest BCUT2D eigenvalue weighted by molar-refractivity contribution is 7.99. The van der Waals surface area contributed by atoms with Crippen LogP contribution in [0.5, 0.6) is 0 Å². The topological polar surface area (TPSA) is 44.8 Å². The van der Waals surface area contributed by atoms with Crippen molar-refractivity contribution in [1.29, 1.82) is 0 Å². The van der Waals surface area contributed by atoms with Gasteiger partial charge >= 0.3 is 0 Å². The number of hydrogen-bond acceptors (Lipinski definition) is 4. The maximum atomic E-state index is 4.67. The van der Waals surface area contributed by atoms with Crippen LogP contribution >= 0.6 is 11.8 Å². The normalized spacial score (nSPS) is 12.9. The van der Waals surface area contributed by atoms with Crippen LogP contribution in [0.25, 0.3) is 11.0 Å². The number of H-pyrrole nitrogens is 1. The van der Waals surface area contributed by atoms with Gasteiger partial charge < -0.3 is 9.88 Å². The Hall–Kier alpha value is -1.23. The molecule has 2 aromatic heterocycles. The van der Waals surface area contributed by atoms with Crippen molar-refractivity contribution < 1.29 is 0 Å². The van der Waals surface area contributed by atoms with Crippen LogP contribution < -0.4 is 4.90 Å². The number of rotatable bonds is 4. The molecule has 0 saturated carbocycles. The number of aromatic amines is 1. The van der Waals surface area contributed by atoms with Gasteiger partial charge in [0.05, 0.1) is 10.6 Å². The molecule has 2 rings (SSSR count). The summed E-state index contributed by atoms with van der Waals surface area (Å²) in [6.07, 6.45) is 1.91. The first kappa shape index (κ1) is 12.2. The lowest BCUT2D eigenvalue weighted by molar-refractivity contribution is 0.916. The van der Waals surface area contributed by atoms with E-state index in [4.69, 9.17) is 0 Å². The summed E-state index contributed by atoms with van der Waals surface area (Å²) in [5, 5.41) is 1.40. The van der Waals surface area contributed by atoms with Gasteiger partial charge in [-0.15, -0.1) is 0 Å². The van der Waals surface area contributed by atoms with Gasteiger partial charge in [0.1, 0.15) is 17.3 Å². The highest BCUT2D eigenvalue weighted by Gasteiger charge is 2.14. The van der Waals surface area contributed by atoms with Crippen molar-refractivity contribution in [2.24, 2.45) is 0 Å². The second kappa shape index (κ2) is 4.96. The number of thioether (sulfide) groups is 1. The van der Waals surface area contributed by atoms with E-state index in [9.17, 15) is 0 Å². The van der Waals surface area contributed by atoms with Crippen LogP contribution in [-0.4, -0.2) is 34.8 Å². The third-order valence-electron chi connectivity index (χ3n) is 2.62. The van der Waals surface area contributed by atoms with Gasteiger partial charge in [-0.05, 0) is 18.7 Å². The third kappa shape index (κ3) is 2.39. The minimum Gasteiger partial charge on any atom is -0.362 e. The van der Waals surface area contributed by atoms with E-state index in [2.05, 4.69) is 28.8 Å². The van der Waals surface area contributed by atoms with Gasteiger partial charge in [0.25, 0.3) is 0 Å². The third-order valence-corrected chi connectivity index (χ3v) is 3.66. The fourth-order valence-electron chi connectivity index (χ4n) is 1.79. The zero-order valence-corrected chi connectivity index (χ0v) is 11.5. The summed E-state index contributed by atoms with van der Waals surface area (Å²) in [4.78, 5) is 14.4. The van der Waals surface area contributed by atoms with E-state index >= 15 is 0 Å². The molecule has 0 aromatic carbocycles. The molecule has 0 fully saturated rings. The molecule has 1 atom stereocenters. The summed E-state index contributed by atoms with van der Waals surface area (Å²) < 4.78 is 0. The molecule has 2 aromatic rings. The predicted molar refractivity (Wildman–Crippen MR) is 74.8 cm³/mol. The second-order valence-corrected chi connectivity index (χ2v) is 5.76. The molecular weight excluding hydrogens is 232 g/mol. The summed E-state index contributed by atoms with van der Waals surface area (Å²) in [6, 6.07) is 2.02. The largest absolute Gasteiger partial charge is 0.362 e. The Kier molecular flexibility index (Phi) is 3.57. The van der Waals surface area contributed by atoms with Crippen LogP contribution in [-0.2, 0) is 0 Å². The Balaban J connectivity index is 2.51. The van der Waals surface area contributed by atoms with E-state index in [-0.39, 0.29) is 0 Å². The molecule has 0 amide bonds. The molecule has 0 bridgehead atoms. The lowest BCUT2D eigenvalue weighted by atomic mass is 10.3. The standard InChI is InChI=1S/C12H18N4S/c1-5-17-8(2)10-14-11-9(6-7-13-11)12(15-10)16(3)4/h6-8H,5H2,1-4H3,(H,13,14,15). The molecule has 5 heteroatoms. The highest BCUT2D eigenvalue weighted by Crippen LogP contribution is 2.29. The Bertz CT molecular complexity index is 506. The van der Waals surface area contributed by atoms with Gasteiger partial charge in [-0.1, -0.05) is 6.92 Å². The van der Waals surface area contributed by atoms with Crippen molar-refractivity contribution in [3.63, 3.8) is 0 Å². The van der Waals surface area contributed by atoms with Crippen molar-refractivity contribution in [2.45, 2.75) is 19.1 Å². The van der Waals surface area contributed by atoms with E-state index in [1.54, 1.807) is 0 Å².